The molecule has 3 heteroatoms. The number of para-hydroxylation sites is 1. The van der Waals surface area contributed by atoms with Crippen LogP contribution in [0, 0.1) is 0 Å². The molecule has 0 fully saturated rings. The van der Waals surface area contributed by atoms with E-state index >= 15 is 0 Å². The maximum absolute atomic E-state index is 5.16. The van der Waals surface area contributed by atoms with E-state index < -0.39 is 0 Å². The zero-order chi connectivity index (χ0) is 13.5. The minimum atomic E-state index is 0.888. The summed E-state index contributed by atoms with van der Waals surface area (Å²) in [5, 5.41) is 3.40. The molecule has 3 nitrogen and oxygen atoms in total. The van der Waals surface area contributed by atoms with Gasteiger partial charge < -0.3 is 15.0 Å². The molecule has 100 valence electrons. The molecule has 2 aromatic carbocycles. The number of nitrogens with zero attached hydrogens (tertiary/aromatic N) is 1. The molecule has 19 heavy (non-hydrogen) atoms. The van der Waals surface area contributed by atoms with Gasteiger partial charge in [-0.3, -0.25) is 0 Å². The van der Waals surface area contributed by atoms with Gasteiger partial charge in [0, 0.05) is 31.5 Å². The average Bonchev–Trinajstić information content (AvgIpc) is 2.48. The Morgan fingerprint density at radius 1 is 1.00 bits per heavy atom. The number of nitrogens with one attached hydrogen (secondary N) is 1. The monoisotopic (exact) mass is 256 g/mol. The second kappa shape index (κ2) is 6.69. The van der Waals surface area contributed by atoms with Crippen LogP contribution in [-0.2, 0) is 0 Å². The maximum Gasteiger partial charge on any atom is 0.119 e. The summed E-state index contributed by atoms with van der Waals surface area (Å²) < 4.78 is 5.16. The molecule has 0 saturated heterocycles. The minimum absolute atomic E-state index is 0.888. The Hall–Kier alpha value is -2.16. The van der Waals surface area contributed by atoms with Crippen molar-refractivity contribution in [2.24, 2.45) is 0 Å². The van der Waals surface area contributed by atoms with Gasteiger partial charge in [0.2, 0.25) is 0 Å². The quantitative estimate of drug-likeness (QED) is 0.858. The maximum atomic E-state index is 5.16. The molecular formula is C16H20N2O. The highest BCUT2D eigenvalue weighted by Crippen LogP contribution is 2.17. The fraction of sp³-hybridized carbons (Fsp3) is 0.250. The Morgan fingerprint density at radius 2 is 1.68 bits per heavy atom. The largest absolute Gasteiger partial charge is 0.497 e. The first kappa shape index (κ1) is 13.3. The Kier molecular flexibility index (Phi) is 4.67. The summed E-state index contributed by atoms with van der Waals surface area (Å²) in [4.78, 5) is 2.22. The van der Waals surface area contributed by atoms with Crippen LogP contribution in [0.5, 0.6) is 5.75 Å². The van der Waals surface area contributed by atoms with Crippen LogP contribution < -0.4 is 15.0 Å². The molecule has 0 atom stereocenters. The Balaban J connectivity index is 1.82. The van der Waals surface area contributed by atoms with Crippen molar-refractivity contribution >= 4 is 11.4 Å². The molecule has 0 aromatic heterocycles. The van der Waals surface area contributed by atoms with E-state index in [1.54, 1.807) is 7.11 Å². The summed E-state index contributed by atoms with van der Waals surface area (Å²) in [6, 6.07) is 18.4. The number of anilines is 2. The molecule has 2 rings (SSSR count). The molecule has 1 N–H and O–H groups in total. The second-order valence-electron chi connectivity index (χ2n) is 4.41. The fourth-order valence-corrected chi connectivity index (χ4v) is 1.89. The van der Waals surface area contributed by atoms with Crippen LogP contribution >= 0.6 is 0 Å². The standard InChI is InChI=1S/C16H20N2O/c1-18(15-8-10-16(19-2)11-9-15)13-12-17-14-6-4-3-5-7-14/h3-11,17H,12-13H2,1-2H3. The van der Waals surface area contributed by atoms with Crippen LogP contribution in [-0.4, -0.2) is 27.2 Å². The van der Waals surface area contributed by atoms with Crippen molar-refractivity contribution in [1.82, 2.24) is 0 Å². The number of benzene rings is 2. The van der Waals surface area contributed by atoms with Crippen LogP contribution in [0.15, 0.2) is 54.6 Å². The predicted molar refractivity (Wildman–Crippen MR) is 81.2 cm³/mol. The average molecular weight is 256 g/mol. The third kappa shape index (κ3) is 3.91. The molecule has 2 aromatic rings. The Bertz CT molecular complexity index is 482. The van der Waals surface area contributed by atoms with Crippen LogP contribution in [0.25, 0.3) is 0 Å². The highest BCUT2D eigenvalue weighted by atomic mass is 16.5. The molecule has 0 unspecified atom stereocenters. The third-order valence-electron chi connectivity index (χ3n) is 3.06. The summed E-state index contributed by atoms with van der Waals surface area (Å²) in [7, 11) is 3.77. The molecule has 0 aliphatic carbocycles. The van der Waals surface area contributed by atoms with Gasteiger partial charge in [-0.25, -0.2) is 0 Å². The number of rotatable bonds is 6. The molecule has 0 heterocycles. The van der Waals surface area contributed by atoms with Gasteiger partial charge in [0.1, 0.15) is 5.75 Å². The second-order valence-corrected chi connectivity index (χ2v) is 4.41. The number of methoxy groups -OCH3 is 1. The molecular weight excluding hydrogens is 236 g/mol. The Labute approximate surface area is 114 Å². The summed E-state index contributed by atoms with van der Waals surface area (Å²) in [6.45, 7) is 1.85. The van der Waals surface area contributed by atoms with Gasteiger partial charge >= 0.3 is 0 Å². The molecule has 0 saturated carbocycles. The Morgan fingerprint density at radius 3 is 2.32 bits per heavy atom. The lowest BCUT2D eigenvalue weighted by Gasteiger charge is -2.20. The summed E-state index contributed by atoms with van der Waals surface area (Å²) >= 11 is 0. The van der Waals surface area contributed by atoms with E-state index in [1.807, 2.05) is 30.3 Å². The topological polar surface area (TPSA) is 24.5 Å². The summed E-state index contributed by atoms with van der Waals surface area (Å²) in [5.74, 6) is 0.888. The molecule has 0 bridgehead atoms. The van der Waals surface area contributed by atoms with Crippen molar-refractivity contribution in [3.8, 4) is 5.75 Å². The molecule has 0 aliphatic heterocycles. The van der Waals surface area contributed by atoms with Crippen molar-refractivity contribution in [2.75, 3.05) is 37.5 Å². The van der Waals surface area contributed by atoms with Gasteiger partial charge in [-0.1, -0.05) is 18.2 Å². The van der Waals surface area contributed by atoms with E-state index in [9.17, 15) is 0 Å². The first-order chi connectivity index (χ1) is 9.29. The van der Waals surface area contributed by atoms with E-state index in [0.29, 0.717) is 0 Å². The number of hydrogen-bond acceptors (Lipinski definition) is 3. The van der Waals surface area contributed by atoms with E-state index in [1.165, 1.54) is 5.69 Å². The van der Waals surface area contributed by atoms with Gasteiger partial charge in [-0.2, -0.15) is 0 Å². The van der Waals surface area contributed by atoms with Gasteiger partial charge in [-0.05, 0) is 36.4 Å². The third-order valence-corrected chi connectivity index (χ3v) is 3.06. The van der Waals surface area contributed by atoms with E-state index in [-0.39, 0.29) is 0 Å². The van der Waals surface area contributed by atoms with Gasteiger partial charge in [-0.15, -0.1) is 0 Å². The zero-order valence-electron chi connectivity index (χ0n) is 11.5. The molecule has 0 amide bonds. The van der Waals surface area contributed by atoms with Crippen molar-refractivity contribution in [2.45, 2.75) is 0 Å². The van der Waals surface area contributed by atoms with Crippen LogP contribution in [0.3, 0.4) is 0 Å². The lowest BCUT2D eigenvalue weighted by atomic mass is 10.3. The molecule has 0 aliphatic rings. The summed E-state index contributed by atoms with van der Waals surface area (Å²) in [5.41, 5.74) is 2.35. The van der Waals surface area contributed by atoms with Gasteiger partial charge in [0.15, 0.2) is 0 Å². The summed E-state index contributed by atoms with van der Waals surface area (Å²) in [6.07, 6.45) is 0. The number of hydrogen-bond donors (Lipinski definition) is 1. The predicted octanol–water partition coefficient (Wildman–Crippen LogP) is 3.24. The molecule has 0 radical (unpaired) electrons. The lowest BCUT2D eigenvalue weighted by molar-refractivity contribution is 0.415. The van der Waals surface area contributed by atoms with Gasteiger partial charge in [0.05, 0.1) is 7.11 Å². The van der Waals surface area contributed by atoms with E-state index in [4.69, 9.17) is 4.74 Å². The number of likely N-dealkylation sites (N-methyl/N-ethyl adjacent to an activating group) is 1. The van der Waals surface area contributed by atoms with Crippen LogP contribution in [0.2, 0.25) is 0 Å². The van der Waals surface area contributed by atoms with E-state index in [0.717, 1.165) is 24.5 Å². The van der Waals surface area contributed by atoms with Crippen molar-refractivity contribution < 1.29 is 4.74 Å². The van der Waals surface area contributed by atoms with E-state index in [2.05, 4.69) is 41.5 Å². The smallest absolute Gasteiger partial charge is 0.119 e. The molecule has 0 spiro atoms. The van der Waals surface area contributed by atoms with Crippen molar-refractivity contribution in [1.29, 1.82) is 0 Å². The number of ether oxygens (including phenoxy) is 1. The van der Waals surface area contributed by atoms with Gasteiger partial charge in [0.25, 0.3) is 0 Å². The van der Waals surface area contributed by atoms with Crippen molar-refractivity contribution in [3.63, 3.8) is 0 Å². The normalized spacial score (nSPS) is 10.0. The highest BCUT2D eigenvalue weighted by molar-refractivity contribution is 5.49. The van der Waals surface area contributed by atoms with Crippen LogP contribution in [0.1, 0.15) is 0 Å². The SMILES string of the molecule is COc1ccc(N(C)CCNc2ccccc2)cc1. The fourth-order valence-electron chi connectivity index (χ4n) is 1.89. The van der Waals surface area contributed by atoms with Crippen LogP contribution in [0.4, 0.5) is 11.4 Å². The van der Waals surface area contributed by atoms with Crippen molar-refractivity contribution in [3.05, 3.63) is 54.6 Å². The minimum Gasteiger partial charge on any atom is -0.497 e. The first-order valence-electron chi connectivity index (χ1n) is 6.44. The highest BCUT2D eigenvalue weighted by Gasteiger charge is 2.00. The zero-order valence-corrected chi connectivity index (χ0v) is 11.5. The first-order valence-corrected chi connectivity index (χ1v) is 6.44. The lowest BCUT2D eigenvalue weighted by Crippen LogP contribution is -2.24.